The summed E-state index contributed by atoms with van der Waals surface area (Å²) in [4.78, 5) is 0. The summed E-state index contributed by atoms with van der Waals surface area (Å²) in [5.41, 5.74) is -0.470. The first-order chi connectivity index (χ1) is 14.5. The number of benzene rings is 3. The van der Waals surface area contributed by atoms with Crippen LogP contribution >= 0.6 is 0 Å². The van der Waals surface area contributed by atoms with Crippen molar-refractivity contribution >= 4 is 0 Å². The first-order valence-electron chi connectivity index (χ1n) is 9.89. The lowest BCUT2D eigenvalue weighted by molar-refractivity contribution is -0.0909. The van der Waals surface area contributed by atoms with Crippen molar-refractivity contribution in [2.24, 2.45) is 0 Å². The molecule has 3 rings (SSSR count). The van der Waals surface area contributed by atoms with Crippen LogP contribution in [0.4, 0.5) is 8.78 Å². The second kappa shape index (κ2) is 10.2. The molecule has 0 heterocycles. The second-order valence-electron chi connectivity index (χ2n) is 7.30. The Balaban J connectivity index is 1.72. The second-order valence-corrected chi connectivity index (χ2v) is 7.30. The third kappa shape index (κ3) is 5.57. The van der Waals surface area contributed by atoms with E-state index < -0.39 is 19.0 Å². The summed E-state index contributed by atoms with van der Waals surface area (Å²) in [5.74, 6) is 1.98. The predicted octanol–water partition coefficient (Wildman–Crippen LogP) is 6.62. The Bertz CT molecular complexity index is 907. The van der Waals surface area contributed by atoms with Gasteiger partial charge in [0.15, 0.2) is 0 Å². The van der Waals surface area contributed by atoms with E-state index in [1.165, 1.54) is 0 Å². The van der Waals surface area contributed by atoms with Crippen LogP contribution < -0.4 is 9.47 Å². The van der Waals surface area contributed by atoms with E-state index in [1.54, 1.807) is 30.3 Å². The number of hydrogen-bond donors (Lipinski definition) is 0. The fraction of sp³-hybridized carbons (Fsp3) is 0.280. The molecule has 0 fully saturated rings. The molecule has 30 heavy (non-hydrogen) atoms. The molecule has 3 nitrogen and oxygen atoms in total. The van der Waals surface area contributed by atoms with Crippen molar-refractivity contribution in [2.45, 2.75) is 32.2 Å². The molecule has 0 radical (unpaired) electrons. The molecule has 3 aromatic carbocycles. The molecule has 0 spiro atoms. The van der Waals surface area contributed by atoms with Gasteiger partial charge in [0, 0.05) is 0 Å². The first-order valence-corrected chi connectivity index (χ1v) is 9.89. The first kappa shape index (κ1) is 21.8. The van der Waals surface area contributed by atoms with Crippen LogP contribution in [0.15, 0.2) is 78.9 Å². The minimum atomic E-state index is -1.66. The van der Waals surface area contributed by atoms with Crippen LogP contribution in [0, 0.1) is 0 Å². The fourth-order valence-corrected chi connectivity index (χ4v) is 3.00. The minimum absolute atomic E-state index is 0.0181. The van der Waals surface area contributed by atoms with Crippen molar-refractivity contribution in [1.29, 1.82) is 0 Å². The Morgan fingerprint density at radius 3 is 2.07 bits per heavy atom. The maximum atomic E-state index is 14.0. The molecule has 0 amide bonds. The molecular weight excluding hydrogens is 386 g/mol. The summed E-state index contributed by atoms with van der Waals surface area (Å²) >= 11 is 0. The van der Waals surface area contributed by atoms with Gasteiger partial charge in [0.05, 0.1) is 12.7 Å². The lowest BCUT2D eigenvalue weighted by Gasteiger charge is -2.29. The Morgan fingerprint density at radius 2 is 1.43 bits per heavy atom. The van der Waals surface area contributed by atoms with Crippen molar-refractivity contribution < 1.29 is 23.0 Å². The molecule has 5 heteroatoms. The highest BCUT2D eigenvalue weighted by Crippen LogP contribution is 2.31. The van der Waals surface area contributed by atoms with E-state index in [0.717, 1.165) is 5.56 Å². The van der Waals surface area contributed by atoms with Gasteiger partial charge in [-0.1, -0.05) is 42.5 Å². The largest absolute Gasteiger partial charge is 0.491 e. The highest BCUT2D eigenvalue weighted by molar-refractivity contribution is 5.34. The summed E-state index contributed by atoms with van der Waals surface area (Å²) in [5, 5.41) is 0. The normalized spacial score (nSPS) is 11.5. The predicted molar refractivity (Wildman–Crippen MR) is 114 cm³/mol. The Morgan fingerprint density at radius 1 is 0.767 bits per heavy atom. The summed E-state index contributed by atoms with van der Waals surface area (Å²) in [6.45, 7) is 1.92. The molecule has 0 aliphatic heterocycles. The summed E-state index contributed by atoms with van der Waals surface area (Å²) in [6, 6.07) is 23.4. The molecular formula is C25H26F2O3. The Kier molecular flexibility index (Phi) is 7.41. The number of alkyl halides is 2. The maximum Gasteiger partial charge on any atom is 0.150 e. The van der Waals surface area contributed by atoms with Gasteiger partial charge in [-0.15, -0.1) is 0 Å². The van der Waals surface area contributed by atoms with Gasteiger partial charge in [0.2, 0.25) is 0 Å². The lowest BCUT2D eigenvalue weighted by Crippen LogP contribution is -2.34. The van der Waals surface area contributed by atoms with E-state index in [4.69, 9.17) is 14.2 Å². The fourth-order valence-electron chi connectivity index (χ4n) is 3.00. The van der Waals surface area contributed by atoms with Crippen LogP contribution in [0.5, 0.6) is 17.2 Å². The lowest BCUT2D eigenvalue weighted by atomic mass is 9.96. The van der Waals surface area contributed by atoms with Gasteiger partial charge in [0.25, 0.3) is 0 Å². The Hall–Kier alpha value is -2.92. The van der Waals surface area contributed by atoms with Gasteiger partial charge in [-0.2, -0.15) is 0 Å². The summed E-state index contributed by atoms with van der Waals surface area (Å²) in [7, 11) is 0. The SMILES string of the molecule is CC(C)Oc1ccc(C(CF)(CF)OCc2cccc(Oc3ccccc3)c2)cc1. The van der Waals surface area contributed by atoms with Crippen LogP contribution in [0.25, 0.3) is 0 Å². The van der Waals surface area contributed by atoms with Gasteiger partial charge in [-0.25, -0.2) is 8.78 Å². The van der Waals surface area contributed by atoms with Gasteiger partial charge >= 0.3 is 0 Å². The number of rotatable bonds is 10. The molecule has 0 bridgehead atoms. The zero-order valence-corrected chi connectivity index (χ0v) is 17.2. The monoisotopic (exact) mass is 412 g/mol. The molecule has 0 atom stereocenters. The van der Waals surface area contributed by atoms with Crippen LogP contribution in [-0.4, -0.2) is 19.5 Å². The molecule has 0 N–H and O–H groups in total. The Labute approximate surface area is 176 Å². The third-order valence-electron chi connectivity index (χ3n) is 4.58. The quantitative estimate of drug-likeness (QED) is 0.375. The van der Waals surface area contributed by atoms with Gasteiger partial charge in [-0.05, 0) is 61.4 Å². The standard InChI is InChI=1S/C25H26F2O3/c1-19(2)29-23-13-11-21(12-14-23)25(17-26,18-27)28-16-20-7-6-10-24(15-20)30-22-8-4-3-5-9-22/h3-15,19H,16-18H2,1-2H3. The summed E-state index contributed by atoms with van der Waals surface area (Å²) < 4.78 is 45.1. The van der Waals surface area contributed by atoms with Crippen LogP contribution in [-0.2, 0) is 16.9 Å². The zero-order valence-electron chi connectivity index (χ0n) is 17.2. The van der Waals surface area contributed by atoms with Gasteiger partial charge in [0.1, 0.15) is 36.2 Å². The van der Waals surface area contributed by atoms with E-state index in [2.05, 4.69) is 0 Å². The molecule has 0 saturated carbocycles. The molecule has 0 aromatic heterocycles. The minimum Gasteiger partial charge on any atom is -0.491 e. The van der Waals surface area contributed by atoms with Crippen LogP contribution in [0.3, 0.4) is 0 Å². The summed E-state index contributed by atoms with van der Waals surface area (Å²) in [6.07, 6.45) is 0.0181. The van der Waals surface area contributed by atoms with Crippen molar-refractivity contribution in [2.75, 3.05) is 13.3 Å². The zero-order chi connectivity index (χ0) is 21.4. The van der Waals surface area contributed by atoms with Crippen LogP contribution in [0.2, 0.25) is 0 Å². The number of para-hydroxylation sites is 1. The van der Waals surface area contributed by atoms with Gasteiger partial charge < -0.3 is 14.2 Å². The average Bonchev–Trinajstić information content (AvgIpc) is 2.76. The van der Waals surface area contributed by atoms with Crippen molar-refractivity contribution in [1.82, 2.24) is 0 Å². The van der Waals surface area contributed by atoms with Crippen LogP contribution in [0.1, 0.15) is 25.0 Å². The molecule has 0 unspecified atom stereocenters. The number of hydrogen-bond acceptors (Lipinski definition) is 3. The average molecular weight is 412 g/mol. The van der Waals surface area contributed by atoms with Crippen molar-refractivity contribution in [3.63, 3.8) is 0 Å². The highest BCUT2D eigenvalue weighted by Gasteiger charge is 2.34. The molecule has 0 aliphatic rings. The number of halogens is 2. The molecule has 3 aromatic rings. The van der Waals surface area contributed by atoms with E-state index in [0.29, 0.717) is 22.8 Å². The van der Waals surface area contributed by atoms with Crippen molar-refractivity contribution in [3.8, 4) is 17.2 Å². The van der Waals surface area contributed by atoms with Crippen molar-refractivity contribution in [3.05, 3.63) is 90.0 Å². The van der Waals surface area contributed by atoms with E-state index in [-0.39, 0.29) is 12.7 Å². The maximum absolute atomic E-state index is 14.0. The van der Waals surface area contributed by atoms with E-state index in [9.17, 15) is 8.78 Å². The van der Waals surface area contributed by atoms with E-state index >= 15 is 0 Å². The third-order valence-corrected chi connectivity index (χ3v) is 4.58. The smallest absolute Gasteiger partial charge is 0.150 e. The highest BCUT2D eigenvalue weighted by atomic mass is 19.1. The molecule has 158 valence electrons. The number of ether oxygens (including phenoxy) is 3. The molecule has 0 saturated heterocycles. The van der Waals surface area contributed by atoms with Gasteiger partial charge in [-0.3, -0.25) is 0 Å². The molecule has 0 aliphatic carbocycles. The topological polar surface area (TPSA) is 27.7 Å². The van der Waals surface area contributed by atoms with E-state index in [1.807, 2.05) is 62.4 Å².